The van der Waals surface area contributed by atoms with Crippen LogP contribution in [0.1, 0.15) is 156 Å². The molecule has 0 aliphatic carbocycles. The molecule has 0 radical (unpaired) electrons. The van der Waals surface area contributed by atoms with E-state index in [9.17, 15) is 0 Å². The lowest BCUT2D eigenvalue weighted by Gasteiger charge is -2.13. The first-order chi connectivity index (χ1) is 13.7. The molecule has 0 aromatic heterocycles. The van der Waals surface area contributed by atoms with E-state index in [1.54, 1.807) is 0 Å². The normalized spacial score (nSPS) is 14.0. The van der Waals surface area contributed by atoms with Crippen LogP contribution in [0.4, 0.5) is 0 Å². The van der Waals surface area contributed by atoms with E-state index in [1.165, 1.54) is 128 Å². The second-order valence-electron chi connectivity index (χ2n) is 9.67. The van der Waals surface area contributed by atoms with E-state index in [1.807, 2.05) is 0 Å². The van der Waals surface area contributed by atoms with Crippen LogP contribution in [-0.4, -0.2) is 0 Å². The first-order valence-electron chi connectivity index (χ1n) is 13.3. The number of unbranched alkanes of at least 4 members (excludes halogenated alkanes) is 13. The summed E-state index contributed by atoms with van der Waals surface area (Å²) in [6.07, 6.45) is 33.4. The minimum absolute atomic E-state index is 0.955. The summed E-state index contributed by atoms with van der Waals surface area (Å²) < 4.78 is 0. The highest BCUT2D eigenvalue weighted by atomic mass is 14.1. The summed E-state index contributed by atoms with van der Waals surface area (Å²) in [6, 6.07) is 0. The van der Waals surface area contributed by atoms with Gasteiger partial charge in [-0.05, 0) is 31.6 Å². The second kappa shape index (κ2) is 23.0. The molecule has 0 spiro atoms. The predicted octanol–water partition coefficient (Wildman–Crippen LogP) is 10.7. The van der Waals surface area contributed by atoms with Gasteiger partial charge >= 0.3 is 0 Å². The maximum atomic E-state index is 2.49. The van der Waals surface area contributed by atoms with Crippen molar-refractivity contribution in [2.45, 2.75) is 156 Å². The average molecular weight is 393 g/mol. The molecular formula is C28H56. The molecule has 0 fully saturated rings. The summed E-state index contributed by atoms with van der Waals surface area (Å²) in [5, 5.41) is 0. The Morgan fingerprint density at radius 3 is 1.29 bits per heavy atom. The Bertz CT molecular complexity index is 303. The molecule has 168 valence electrons. The maximum absolute atomic E-state index is 2.49. The van der Waals surface area contributed by atoms with Crippen LogP contribution in [0, 0.1) is 11.8 Å². The Balaban J connectivity index is 3.27. The smallest absolute Gasteiger partial charge is 0.0351 e. The molecule has 0 aliphatic heterocycles. The van der Waals surface area contributed by atoms with Crippen molar-refractivity contribution >= 4 is 0 Å². The van der Waals surface area contributed by atoms with Crippen molar-refractivity contribution in [3.63, 3.8) is 0 Å². The fourth-order valence-corrected chi connectivity index (χ4v) is 4.35. The van der Waals surface area contributed by atoms with Crippen LogP contribution in [0.2, 0.25) is 0 Å². The number of hydrogen-bond acceptors (Lipinski definition) is 0. The molecule has 0 saturated heterocycles. The van der Waals surface area contributed by atoms with Gasteiger partial charge in [0, 0.05) is 0 Å². The monoisotopic (exact) mass is 392 g/mol. The topological polar surface area (TPSA) is 0 Å². The number of rotatable bonds is 22. The fraction of sp³-hybridized carbons (Fsp3) is 0.929. The molecule has 0 heteroatoms. The highest BCUT2D eigenvalue weighted by Crippen LogP contribution is 2.21. The third kappa shape index (κ3) is 22.0. The van der Waals surface area contributed by atoms with Crippen LogP contribution in [0.15, 0.2) is 12.2 Å². The Morgan fingerprint density at radius 2 is 0.857 bits per heavy atom. The lowest BCUT2D eigenvalue weighted by atomic mass is 9.93. The molecule has 0 aromatic carbocycles. The van der Waals surface area contributed by atoms with Gasteiger partial charge in [0.2, 0.25) is 0 Å². The van der Waals surface area contributed by atoms with Crippen LogP contribution in [-0.2, 0) is 0 Å². The minimum Gasteiger partial charge on any atom is -0.0917 e. The molecule has 0 N–H and O–H groups in total. The zero-order valence-corrected chi connectivity index (χ0v) is 20.5. The van der Waals surface area contributed by atoms with Crippen molar-refractivity contribution < 1.29 is 0 Å². The van der Waals surface area contributed by atoms with Crippen molar-refractivity contribution in [1.29, 1.82) is 0 Å². The zero-order chi connectivity index (χ0) is 20.7. The predicted molar refractivity (Wildman–Crippen MR) is 131 cm³/mol. The SMILES string of the molecule is C/C=C/CCCCCCCCCC(C)CCCCCC(C)CCCCCCC. The summed E-state index contributed by atoms with van der Waals surface area (Å²) >= 11 is 0. The lowest BCUT2D eigenvalue weighted by molar-refractivity contribution is 0.408. The van der Waals surface area contributed by atoms with Crippen molar-refractivity contribution in [2.24, 2.45) is 11.8 Å². The van der Waals surface area contributed by atoms with Gasteiger partial charge in [0.15, 0.2) is 0 Å². The molecule has 0 aromatic rings. The van der Waals surface area contributed by atoms with Gasteiger partial charge in [0.25, 0.3) is 0 Å². The summed E-state index contributed by atoms with van der Waals surface area (Å²) in [5.41, 5.74) is 0. The van der Waals surface area contributed by atoms with E-state index in [-0.39, 0.29) is 0 Å². The Hall–Kier alpha value is -0.260. The lowest BCUT2D eigenvalue weighted by Crippen LogP contribution is -1.97. The van der Waals surface area contributed by atoms with Crippen molar-refractivity contribution in [3.8, 4) is 0 Å². The zero-order valence-electron chi connectivity index (χ0n) is 20.5. The van der Waals surface area contributed by atoms with E-state index in [2.05, 4.69) is 39.8 Å². The summed E-state index contributed by atoms with van der Waals surface area (Å²) in [4.78, 5) is 0. The van der Waals surface area contributed by atoms with Gasteiger partial charge in [0.1, 0.15) is 0 Å². The first-order valence-corrected chi connectivity index (χ1v) is 13.3. The number of allylic oxidation sites excluding steroid dienone is 2. The molecule has 0 heterocycles. The van der Waals surface area contributed by atoms with Gasteiger partial charge in [-0.3, -0.25) is 0 Å². The molecule has 0 amide bonds. The number of hydrogen-bond donors (Lipinski definition) is 0. The van der Waals surface area contributed by atoms with Gasteiger partial charge in [-0.2, -0.15) is 0 Å². The third-order valence-corrected chi connectivity index (χ3v) is 6.50. The highest BCUT2D eigenvalue weighted by Gasteiger charge is 2.04. The second-order valence-corrected chi connectivity index (χ2v) is 9.67. The first kappa shape index (κ1) is 27.7. The summed E-state index contributed by atoms with van der Waals surface area (Å²) in [6.45, 7) is 9.39. The van der Waals surface area contributed by atoms with E-state index in [0.717, 1.165) is 11.8 Å². The van der Waals surface area contributed by atoms with Gasteiger partial charge in [-0.1, -0.05) is 148 Å². The van der Waals surface area contributed by atoms with Crippen LogP contribution in [0.25, 0.3) is 0 Å². The Morgan fingerprint density at radius 1 is 0.500 bits per heavy atom. The summed E-state index contributed by atoms with van der Waals surface area (Å²) in [7, 11) is 0. The molecule has 2 atom stereocenters. The average Bonchev–Trinajstić information content (AvgIpc) is 2.69. The van der Waals surface area contributed by atoms with Gasteiger partial charge in [0.05, 0.1) is 0 Å². The third-order valence-electron chi connectivity index (χ3n) is 6.50. The maximum Gasteiger partial charge on any atom is -0.0351 e. The standard InChI is InChI=1S/C28H56/c1-5-7-9-11-12-13-14-15-17-20-24-28(4)26-22-18-21-25-27(3)23-19-16-10-8-6-2/h5,7,27-28H,6,8-26H2,1-4H3/b7-5+. The molecular weight excluding hydrogens is 336 g/mol. The van der Waals surface area contributed by atoms with Crippen molar-refractivity contribution in [2.75, 3.05) is 0 Å². The minimum atomic E-state index is 0.955. The fourth-order valence-electron chi connectivity index (χ4n) is 4.35. The summed E-state index contributed by atoms with van der Waals surface area (Å²) in [5.74, 6) is 1.92. The molecule has 0 rings (SSSR count). The largest absolute Gasteiger partial charge is 0.0917 e. The molecule has 0 saturated carbocycles. The highest BCUT2D eigenvalue weighted by molar-refractivity contribution is 4.76. The van der Waals surface area contributed by atoms with Crippen LogP contribution in [0.5, 0.6) is 0 Å². The van der Waals surface area contributed by atoms with E-state index >= 15 is 0 Å². The van der Waals surface area contributed by atoms with E-state index in [4.69, 9.17) is 0 Å². The van der Waals surface area contributed by atoms with E-state index < -0.39 is 0 Å². The van der Waals surface area contributed by atoms with Gasteiger partial charge < -0.3 is 0 Å². The van der Waals surface area contributed by atoms with Gasteiger partial charge in [-0.15, -0.1) is 0 Å². The quantitative estimate of drug-likeness (QED) is 0.127. The van der Waals surface area contributed by atoms with E-state index in [0.29, 0.717) is 0 Å². The van der Waals surface area contributed by atoms with Crippen molar-refractivity contribution in [3.05, 3.63) is 12.2 Å². The van der Waals surface area contributed by atoms with Crippen LogP contribution >= 0.6 is 0 Å². The molecule has 2 unspecified atom stereocenters. The van der Waals surface area contributed by atoms with Crippen molar-refractivity contribution in [1.82, 2.24) is 0 Å². The van der Waals surface area contributed by atoms with Crippen LogP contribution < -0.4 is 0 Å². The molecule has 0 nitrogen and oxygen atoms in total. The molecule has 0 bridgehead atoms. The van der Waals surface area contributed by atoms with Crippen LogP contribution in [0.3, 0.4) is 0 Å². The van der Waals surface area contributed by atoms with Gasteiger partial charge in [-0.25, -0.2) is 0 Å². The molecule has 28 heavy (non-hydrogen) atoms. The Labute approximate surface area is 180 Å². The Kier molecular flexibility index (Phi) is 22.8. The molecule has 0 aliphatic rings.